The summed E-state index contributed by atoms with van der Waals surface area (Å²) in [6.07, 6.45) is 6.57. The van der Waals surface area contributed by atoms with E-state index < -0.39 is 0 Å². The highest BCUT2D eigenvalue weighted by Crippen LogP contribution is 2.23. The molecule has 0 aliphatic carbocycles. The molecule has 2 aromatic rings. The minimum atomic E-state index is -0.00977. The van der Waals surface area contributed by atoms with Gasteiger partial charge in [-0.1, -0.05) is 0 Å². The van der Waals surface area contributed by atoms with Crippen LogP contribution in [0.15, 0.2) is 39.6 Å². The number of amides is 1. The Balaban J connectivity index is 1.78. The van der Waals surface area contributed by atoms with Gasteiger partial charge >= 0.3 is 0 Å². The van der Waals surface area contributed by atoms with Crippen molar-refractivity contribution in [1.82, 2.24) is 4.90 Å². The van der Waals surface area contributed by atoms with Crippen molar-refractivity contribution in [3.8, 4) is 11.3 Å². The van der Waals surface area contributed by atoms with E-state index in [0.29, 0.717) is 11.5 Å². The molecule has 18 heavy (non-hydrogen) atoms. The zero-order chi connectivity index (χ0) is 12.4. The minimum absolute atomic E-state index is 0.00977. The molecule has 0 spiro atoms. The van der Waals surface area contributed by atoms with Gasteiger partial charge in [-0.3, -0.25) is 4.79 Å². The molecular weight excluding hydrogens is 230 g/mol. The normalized spacial score (nSPS) is 15.9. The Hall–Kier alpha value is -1.97. The lowest BCUT2D eigenvalue weighted by atomic mass is 10.1. The molecule has 1 saturated heterocycles. The van der Waals surface area contributed by atoms with E-state index in [1.807, 2.05) is 17.0 Å². The van der Waals surface area contributed by atoms with E-state index in [2.05, 4.69) is 0 Å². The fourth-order valence-electron chi connectivity index (χ4n) is 2.27. The second-order valence-electron chi connectivity index (χ2n) is 4.53. The van der Waals surface area contributed by atoms with Gasteiger partial charge in [-0.05, 0) is 37.5 Å². The van der Waals surface area contributed by atoms with E-state index in [-0.39, 0.29) is 5.91 Å². The quantitative estimate of drug-likeness (QED) is 0.816. The van der Waals surface area contributed by atoms with Gasteiger partial charge < -0.3 is 13.7 Å². The molecule has 0 saturated carbocycles. The zero-order valence-electron chi connectivity index (χ0n) is 10.1. The number of carbonyl (C=O) groups excluding carboxylic acids is 1. The number of nitrogens with zero attached hydrogens (tertiary/aromatic N) is 1. The number of carbonyl (C=O) groups is 1. The first-order valence-electron chi connectivity index (χ1n) is 6.26. The van der Waals surface area contributed by atoms with Gasteiger partial charge in [-0.25, -0.2) is 0 Å². The lowest BCUT2D eigenvalue weighted by molar-refractivity contribution is 0.0693. The van der Waals surface area contributed by atoms with Gasteiger partial charge in [0, 0.05) is 13.1 Å². The van der Waals surface area contributed by atoms with E-state index in [1.165, 1.54) is 6.42 Å². The SMILES string of the molecule is O=C(c1ccc(-c2ccoc2)o1)N1CCCCC1. The average Bonchev–Trinajstić information content (AvgIpc) is 3.09. The molecule has 0 unspecified atom stereocenters. The zero-order valence-corrected chi connectivity index (χ0v) is 10.1. The number of hydrogen-bond acceptors (Lipinski definition) is 3. The van der Waals surface area contributed by atoms with Crippen LogP contribution in [0, 0.1) is 0 Å². The Morgan fingerprint density at radius 3 is 2.67 bits per heavy atom. The van der Waals surface area contributed by atoms with Crippen LogP contribution in [0.25, 0.3) is 11.3 Å². The van der Waals surface area contributed by atoms with E-state index in [0.717, 1.165) is 31.5 Å². The first kappa shape index (κ1) is 11.1. The Morgan fingerprint density at radius 2 is 1.94 bits per heavy atom. The van der Waals surface area contributed by atoms with Crippen molar-refractivity contribution < 1.29 is 13.6 Å². The third-order valence-electron chi connectivity index (χ3n) is 3.27. The van der Waals surface area contributed by atoms with Crippen LogP contribution in [0.5, 0.6) is 0 Å². The van der Waals surface area contributed by atoms with Gasteiger partial charge in [0.25, 0.3) is 5.91 Å². The molecule has 2 aromatic heterocycles. The van der Waals surface area contributed by atoms with Crippen molar-refractivity contribution in [2.75, 3.05) is 13.1 Å². The third kappa shape index (κ3) is 2.06. The molecule has 0 bridgehead atoms. The molecule has 1 aliphatic heterocycles. The molecule has 3 rings (SSSR count). The van der Waals surface area contributed by atoms with Gasteiger partial charge in [0.1, 0.15) is 12.0 Å². The second-order valence-corrected chi connectivity index (χ2v) is 4.53. The van der Waals surface area contributed by atoms with Crippen LogP contribution >= 0.6 is 0 Å². The van der Waals surface area contributed by atoms with Crippen molar-refractivity contribution in [3.63, 3.8) is 0 Å². The summed E-state index contributed by atoms with van der Waals surface area (Å²) in [4.78, 5) is 14.1. The van der Waals surface area contributed by atoms with E-state index in [1.54, 1.807) is 18.6 Å². The van der Waals surface area contributed by atoms with Crippen molar-refractivity contribution in [2.24, 2.45) is 0 Å². The summed E-state index contributed by atoms with van der Waals surface area (Å²) in [6, 6.07) is 5.36. The molecule has 0 N–H and O–H groups in total. The Labute approximate surface area is 105 Å². The van der Waals surface area contributed by atoms with Gasteiger partial charge in [0.2, 0.25) is 0 Å². The Kier molecular flexibility index (Phi) is 2.92. The van der Waals surface area contributed by atoms with Crippen LogP contribution in [-0.4, -0.2) is 23.9 Å². The summed E-state index contributed by atoms with van der Waals surface area (Å²) in [5.41, 5.74) is 0.854. The molecular formula is C14H15NO3. The van der Waals surface area contributed by atoms with Crippen LogP contribution in [0.4, 0.5) is 0 Å². The molecule has 0 atom stereocenters. The molecule has 4 nitrogen and oxygen atoms in total. The Morgan fingerprint density at radius 1 is 1.11 bits per heavy atom. The summed E-state index contributed by atoms with van der Waals surface area (Å²) in [6.45, 7) is 1.67. The molecule has 1 amide bonds. The fourth-order valence-corrected chi connectivity index (χ4v) is 2.27. The minimum Gasteiger partial charge on any atom is -0.472 e. The molecule has 3 heterocycles. The number of furan rings is 2. The molecule has 0 radical (unpaired) electrons. The van der Waals surface area contributed by atoms with E-state index in [4.69, 9.17) is 8.83 Å². The van der Waals surface area contributed by atoms with Crippen LogP contribution in [0.3, 0.4) is 0 Å². The van der Waals surface area contributed by atoms with E-state index >= 15 is 0 Å². The Bertz CT molecular complexity index is 521. The summed E-state index contributed by atoms with van der Waals surface area (Å²) in [5.74, 6) is 1.07. The predicted molar refractivity (Wildman–Crippen MR) is 66.2 cm³/mol. The summed E-state index contributed by atoms with van der Waals surface area (Å²) < 4.78 is 10.6. The number of piperidine rings is 1. The largest absolute Gasteiger partial charge is 0.472 e. The monoisotopic (exact) mass is 245 g/mol. The van der Waals surface area contributed by atoms with Crippen LogP contribution in [0.1, 0.15) is 29.8 Å². The van der Waals surface area contributed by atoms with Gasteiger partial charge in [0.15, 0.2) is 5.76 Å². The molecule has 4 heteroatoms. The highest BCUT2D eigenvalue weighted by molar-refractivity contribution is 5.92. The van der Waals surface area contributed by atoms with Crippen LogP contribution in [0.2, 0.25) is 0 Å². The summed E-state index contributed by atoms with van der Waals surface area (Å²) >= 11 is 0. The lowest BCUT2D eigenvalue weighted by Crippen LogP contribution is -2.35. The summed E-state index contributed by atoms with van der Waals surface area (Å²) in [5, 5.41) is 0. The fraction of sp³-hybridized carbons (Fsp3) is 0.357. The topological polar surface area (TPSA) is 46.6 Å². The van der Waals surface area contributed by atoms with Crippen molar-refractivity contribution >= 4 is 5.91 Å². The number of hydrogen-bond donors (Lipinski definition) is 0. The molecule has 94 valence electrons. The predicted octanol–water partition coefficient (Wildman–Crippen LogP) is 3.17. The van der Waals surface area contributed by atoms with Gasteiger partial charge in [-0.15, -0.1) is 0 Å². The van der Waals surface area contributed by atoms with Crippen molar-refractivity contribution in [2.45, 2.75) is 19.3 Å². The maximum Gasteiger partial charge on any atom is 0.289 e. The first-order valence-corrected chi connectivity index (χ1v) is 6.26. The lowest BCUT2D eigenvalue weighted by Gasteiger charge is -2.25. The maximum absolute atomic E-state index is 12.2. The third-order valence-corrected chi connectivity index (χ3v) is 3.27. The van der Waals surface area contributed by atoms with Gasteiger partial charge in [-0.2, -0.15) is 0 Å². The first-order chi connectivity index (χ1) is 8.84. The van der Waals surface area contributed by atoms with E-state index in [9.17, 15) is 4.79 Å². The van der Waals surface area contributed by atoms with Crippen molar-refractivity contribution in [1.29, 1.82) is 0 Å². The number of likely N-dealkylation sites (tertiary alicyclic amines) is 1. The second kappa shape index (κ2) is 4.72. The maximum atomic E-state index is 12.2. The molecule has 1 fully saturated rings. The number of rotatable bonds is 2. The van der Waals surface area contributed by atoms with Crippen LogP contribution in [-0.2, 0) is 0 Å². The molecule has 1 aliphatic rings. The standard InChI is InChI=1S/C14H15NO3/c16-14(15-7-2-1-3-8-15)13-5-4-12(18-13)11-6-9-17-10-11/h4-6,9-10H,1-3,7-8H2. The average molecular weight is 245 g/mol. The highest BCUT2D eigenvalue weighted by Gasteiger charge is 2.21. The van der Waals surface area contributed by atoms with Gasteiger partial charge in [0.05, 0.1) is 11.8 Å². The highest BCUT2D eigenvalue weighted by atomic mass is 16.4. The summed E-state index contributed by atoms with van der Waals surface area (Å²) in [7, 11) is 0. The van der Waals surface area contributed by atoms with Crippen LogP contribution < -0.4 is 0 Å². The smallest absolute Gasteiger partial charge is 0.289 e. The molecule has 0 aromatic carbocycles. The van der Waals surface area contributed by atoms with Crippen molar-refractivity contribution in [3.05, 3.63) is 36.5 Å².